The van der Waals surface area contributed by atoms with Crippen molar-refractivity contribution in [2.45, 2.75) is 81.6 Å². The average molecular weight is 525 g/mol. The Kier molecular flexibility index (Phi) is 5.35. The summed E-state index contributed by atoms with van der Waals surface area (Å²) >= 11 is 0. The van der Waals surface area contributed by atoms with Crippen molar-refractivity contribution in [2.75, 3.05) is 26.8 Å². The Labute approximate surface area is 232 Å². The second-order valence-electron chi connectivity index (χ2n) is 13.4. The van der Waals surface area contributed by atoms with Gasteiger partial charge in [-0.3, -0.25) is 4.90 Å². The van der Waals surface area contributed by atoms with Gasteiger partial charge >= 0.3 is 0 Å². The van der Waals surface area contributed by atoms with E-state index in [1.165, 1.54) is 41.6 Å². The lowest BCUT2D eigenvalue weighted by molar-refractivity contribution is -0.310. The minimum Gasteiger partial charge on any atom is -0.486 e. The number of nitrogens with zero attached hydrogens (tertiary/aromatic N) is 2. The van der Waals surface area contributed by atoms with Crippen molar-refractivity contribution >= 4 is 0 Å². The molecule has 0 amide bonds. The van der Waals surface area contributed by atoms with Gasteiger partial charge in [0.05, 0.1) is 19.3 Å². The van der Waals surface area contributed by atoms with Gasteiger partial charge in [-0.25, -0.2) is 0 Å². The zero-order valence-corrected chi connectivity index (χ0v) is 23.3. The van der Waals surface area contributed by atoms with Crippen LogP contribution in [0.1, 0.15) is 60.8 Å². The van der Waals surface area contributed by atoms with Gasteiger partial charge in [-0.15, -0.1) is 0 Å². The Bertz CT molecular complexity index is 1330. The minimum absolute atomic E-state index is 0.00757. The van der Waals surface area contributed by atoms with Crippen LogP contribution in [-0.4, -0.2) is 49.5 Å². The number of nitriles is 1. The van der Waals surface area contributed by atoms with Gasteiger partial charge in [0.25, 0.3) is 0 Å². The lowest BCUT2D eigenvalue weighted by Crippen LogP contribution is -2.84. The Hall–Kier alpha value is -2.39. The number of hydrogen-bond acceptors (Lipinski definition) is 5. The molecule has 4 bridgehead atoms. The van der Waals surface area contributed by atoms with E-state index >= 15 is 0 Å². The van der Waals surface area contributed by atoms with Crippen molar-refractivity contribution in [1.82, 2.24) is 4.90 Å². The zero-order valence-electron chi connectivity index (χ0n) is 23.3. The monoisotopic (exact) mass is 524 g/mol. The van der Waals surface area contributed by atoms with E-state index in [9.17, 15) is 5.26 Å². The molecule has 4 saturated carbocycles. The number of piperidine rings is 1. The van der Waals surface area contributed by atoms with Crippen molar-refractivity contribution in [2.24, 2.45) is 23.2 Å². The third kappa shape index (κ3) is 3.01. The Balaban J connectivity index is 1.28. The predicted molar refractivity (Wildman–Crippen MR) is 148 cm³/mol. The molecular weight excluding hydrogens is 484 g/mol. The van der Waals surface area contributed by atoms with Crippen LogP contribution < -0.4 is 4.74 Å². The summed E-state index contributed by atoms with van der Waals surface area (Å²) in [6.45, 7) is 5.74. The molecular formula is C34H40N2O3. The molecule has 5 aliphatic carbocycles. The van der Waals surface area contributed by atoms with Crippen LogP contribution in [0.5, 0.6) is 5.75 Å². The molecule has 39 heavy (non-hydrogen) atoms. The van der Waals surface area contributed by atoms with Gasteiger partial charge < -0.3 is 14.2 Å². The van der Waals surface area contributed by atoms with Crippen LogP contribution in [0.15, 0.2) is 42.5 Å². The van der Waals surface area contributed by atoms with Gasteiger partial charge in [-0.05, 0) is 80.5 Å². The van der Waals surface area contributed by atoms with E-state index in [0.29, 0.717) is 25.7 Å². The second-order valence-corrected chi connectivity index (χ2v) is 13.4. The fraction of sp³-hybridized carbons (Fsp3) is 0.618. The van der Waals surface area contributed by atoms with E-state index in [0.717, 1.165) is 43.9 Å². The summed E-state index contributed by atoms with van der Waals surface area (Å²) in [5.41, 5.74) is 4.87. The van der Waals surface area contributed by atoms with Gasteiger partial charge in [0.1, 0.15) is 17.5 Å². The zero-order chi connectivity index (χ0) is 26.4. The van der Waals surface area contributed by atoms with Gasteiger partial charge in [0, 0.05) is 48.4 Å². The highest BCUT2D eigenvalue weighted by Crippen LogP contribution is 2.78. The number of likely N-dealkylation sites (tertiary alicyclic amines) is 1. The molecule has 2 aromatic rings. The molecule has 5 fully saturated rings. The fourth-order valence-corrected chi connectivity index (χ4v) is 10.5. The maximum absolute atomic E-state index is 10.3. The van der Waals surface area contributed by atoms with Crippen LogP contribution in [0.4, 0.5) is 0 Å². The van der Waals surface area contributed by atoms with Crippen molar-refractivity contribution in [3.63, 3.8) is 0 Å². The SMILES string of the molecule is COC12CCC3([C@@H](CC#N)[C@@H]1COCc1ccccc1)[C@H]1Cc4ccc(C)c5c4[C@@]3(CCN1CC1CC1)[C@H]2O5. The number of ether oxygens (including phenoxy) is 3. The highest BCUT2D eigenvalue weighted by Gasteiger charge is 2.83. The van der Waals surface area contributed by atoms with E-state index < -0.39 is 5.60 Å². The maximum atomic E-state index is 10.3. The van der Waals surface area contributed by atoms with Gasteiger partial charge in [0.2, 0.25) is 0 Å². The number of benzene rings is 2. The largest absolute Gasteiger partial charge is 0.486 e. The van der Waals surface area contributed by atoms with E-state index in [4.69, 9.17) is 14.2 Å². The molecule has 0 aromatic heterocycles. The summed E-state index contributed by atoms with van der Waals surface area (Å²) < 4.78 is 20.4. The molecule has 9 rings (SSSR count). The van der Waals surface area contributed by atoms with Gasteiger partial charge in [-0.1, -0.05) is 42.5 Å². The molecule has 5 nitrogen and oxygen atoms in total. The number of hydrogen-bond donors (Lipinski definition) is 0. The summed E-state index contributed by atoms with van der Waals surface area (Å²) in [6, 6.07) is 18.2. The van der Waals surface area contributed by atoms with E-state index in [2.05, 4.69) is 54.3 Å². The van der Waals surface area contributed by atoms with Gasteiger partial charge in [0.15, 0.2) is 0 Å². The molecule has 204 valence electrons. The molecule has 0 N–H and O–H groups in total. The summed E-state index contributed by atoms with van der Waals surface area (Å²) in [5.74, 6) is 2.32. The van der Waals surface area contributed by atoms with Crippen LogP contribution in [0, 0.1) is 41.4 Å². The summed E-state index contributed by atoms with van der Waals surface area (Å²) in [6.07, 6.45) is 7.55. The molecule has 2 unspecified atom stereocenters. The topological polar surface area (TPSA) is 54.7 Å². The molecule has 2 spiro atoms. The van der Waals surface area contributed by atoms with Crippen LogP contribution in [0.25, 0.3) is 0 Å². The molecule has 7 atom stereocenters. The lowest BCUT2D eigenvalue weighted by Gasteiger charge is -2.76. The number of rotatable bonds is 8. The first-order valence-corrected chi connectivity index (χ1v) is 15.2. The molecule has 2 aliphatic heterocycles. The first kappa shape index (κ1) is 24.4. The molecule has 1 saturated heterocycles. The average Bonchev–Trinajstić information content (AvgIpc) is 3.70. The molecule has 5 heteroatoms. The van der Waals surface area contributed by atoms with Crippen LogP contribution >= 0.6 is 0 Å². The van der Waals surface area contributed by atoms with Crippen LogP contribution in [-0.2, 0) is 27.9 Å². The van der Waals surface area contributed by atoms with E-state index in [1.54, 1.807) is 0 Å². The molecule has 7 aliphatic rings. The number of methoxy groups -OCH3 is 1. The third-order valence-electron chi connectivity index (χ3n) is 12.1. The smallest absolute Gasteiger partial charge is 0.138 e. The normalized spacial score (nSPS) is 39.2. The standard InChI is InChI=1S/C34H40N2O3/c1-22-8-11-25-18-28-32-13-14-34(37-2,27(26(32)12-16-35)21-38-20-24-6-4-3-5-7-24)31-33(32,29(25)30(22)39-31)15-17-36(28)19-23-9-10-23/h3-8,11,23,26-28,31H,9-10,12-15,17-21H2,1-2H3/t26-,27-,28+,31+,32?,33-,34?/m0/s1. The third-order valence-corrected chi connectivity index (χ3v) is 12.1. The predicted octanol–water partition coefficient (Wildman–Crippen LogP) is 5.58. The van der Waals surface area contributed by atoms with Crippen molar-refractivity contribution < 1.29 is 14.2 Å². The summed E-state index contributed by atoms with van der Waals surface area (Å²) in [5, 5.41) is 10.3. The minimum atomic E-state index is -0.455. The molecule has 2 aromatic carbocycles. The highest BCUT2D eigenvalue weighted by atomic mass is 16.6. The van der Waals surface area contributed by atoms with Crippen molar-refractivity contribution in [1.29, 1.82) is 5.26 Å². The van der Waals surface area contributed by atoms with E-state index in [1.807, 2.05) is 13.2 Å². The quantitative estimate of drug-likeness (QED) is 0.452. The Morgan fingerprint density at radius 3 is 2.69 bits per heavy atom. The summed E-state index contributed by atoms with van der Waals surface area (Å²) in [4.78, 5) is 2.86. The van der Waals surface area contributed by atoms with Crippen molar-refractivity contribution in [3.05, 3.63) is 64.7 Å². The van der Waals surface area contributed by atoms with Gasteiger partial charge in [-0.2, -0.15) is 5.26 Å². The Morgan fingerprint density at radius 1 is 1.08 bits per heavy atom. The van der Waals surface area contributed by atoms with E-state index in [-0.39, 0.29) is 28.8 Å². The highest BCUT2D eigenvalue weighted by molar-refractivity contribution is 5.61. The molecule has 2 heterocycles. The second kappa shape index (κ2) is 8.56. The number of fused-ring (bicyclic) bond motifs is 2. The lowest BCUT2D eigenvalue weighted by atomic mass is 9.31. The van der Waals surface area contributed by atoms with Crippen LogP contribution in [0.3, 0.4) is 0 Å². The summed E-state index contributed by atoms with van der Waals surface area (Å²) in [7, 11) is 1.89. The maximum Gasteiger partial charge on any atom is 0.138 e. The first-order valence-electron chi connectivity index (χ1n) is 15.2. The number of aryl methyl sites for hydroxylation is 1. The Morgan fingerprint density at radius 2 is 1.92 bits per heavy atom. The fourth-order valence-electron chi connectivity index (χ4n) is 10.5. The van der Waals surface area contributed by atoms with Crippen LogP contribution in [0.2, 0.25) is 0 Å². The van der Waals surface area contributed by atoms with Crippen molar-refractivity contribution in [3.8, 4) is 11.8 Å². The molecule has 0 radical (unpaired) electrons. The first-order chi connectivity index (χ1) is 19.1.